The van der Waals surface area contributed by atoms with Gasteiger partial charge in [-0.1, -0.05) is 30.6 Å². The fourth-order valence-electron chi connectivity index (χ4n) is 2.08. The van der Waals surface area contributed by atoms with E-state index >= 15 is 0 Å². The molecule has 0 radical (unpaired) electrons. The maximum atomic E-state index is 11.5. The van der Waals surface area contributed by atoms with Crippen LogP contribution < -0.4 is 0 Å². The minimum atomic E-state index is -1.13. The second-order valence-electron chi connectivity index (χ2n) is 4.52. The molecule has 6 heteroatoms. The normalized spacial score (nSPS) is 11.6. The van der Waals surface area contributed by atoms with Crippen molar-refractivity contribution >= 4 is 17.6 Å². The zero-order valence-electron chi connectivity index (χ0n) is 11.3. The number of halogens is 1. The zero-order chi connectivity index (χ0) is 14.8. The highest BCUT2D eigenvalue weighted by Gasteiger charge is 2.42. The third-order valence-corrected chi connectivity index (χ3v) is 3.81. The van der Waals surface area contributed by atoms with Crippen LogP contribution in [0.25, 0.3) is 11.4 Å². The van der Waals surface area contributed by atoms with E-state index in [2.05, 4.69) is 10.1 Å². The van der Waals surface area contributed by atoms with Crippen LogP contribution in [0, 0.1) is 0 Å². The van der Waals surface area contributed by atoms with Gasteiger partial charge in [-0.2, -0.15) is 4.98 Å². The van der Waals surface area contributed by atoms with Gasteiger partial charge in [0, 0.05) is 10.6 Å². The number of aromatic nitrogens is 2. The Hall–Kier alpha value is -1.88. The molecule has 5 nitrogen and oxygen atoms in total. The molecule has 1 aromatic carbocycles. The van der Waals surface area contributed by atoms with Crippen molar-refractivity contribution in [2.75, 3.05) is 0 Å². The largest absolute Gasteiger partial charge is 0.480 e. The first-order chi connectivity index (χ1) is 9.53. The molecule has 0 aliphatic rings. The topological polar surface area (TPSA) is 76.2 Å². The molecule has 1 N–H and O–H groups in total. The molecule has 1 aromatic heterocycles. The van der Waals surface area contributed by atoms with Crippen molar-refractivity contribution < 1.29 is 14.4 Å². The van der Waals surface area contributed by atoms with Crippen molar-refractivity contribution in [2.24, 2.45) is 0 Å². The van der Waals surface area contributed by atoms with Crippen molar-refractivity contribution in [3.8, 4) is 11.4 Å². The first-order valence-electron chi connectivity index (χ1n) is 6.37. The summed E-state index contributed by atoms with van der Waals surface area (Å²) in [6.07, 6.45) is 0.780. The van der Waals surface area contributed by atoms with Gasteiger partial charge in [-0.15, -0.1) is 0 Å². The summed E-state index contributed by atoms with van der Waals surface area (Å²) in [6.45, 7) is 3.59. The Morgan fingerprint density at radius 2 is 1.90 bits per heavy atom. The van der Waals surface area contributed by atoms with Gasteiger partial charge in [0.1, 0.15) is 5.41 Å². The number of carbonyl (C=O) groups is 1. The van der Waals surface area contributed by atoms with Gasteiger partial charge in [0.05, 0.1) is 0 Å². The van der Waals surface area contributed by atoms with Gasteiger partial charge in [-0.05, 0) is 37.1 Å². The van der Waals surface area contributed by atoms with E-state index in [1.54, 1.807) is 38.1 Å². The molecule has 2 rings (SSSR count). The molecule has 106 valence electrons. The van der Waals surface area contributed by atoms with Crippen LogP contribution in [0.1, 0.15) is 32.6 Å². The SMILES string of the molecule is CCC(CC)(C(=O)O)c1nc(-c2ccc(Cl)cc2)no1. The van der Waals surface area contributed by atoms with Crippen LogP contribution in [-0.4, -0.2) is 21.2 Å². The van der Waals surface area contributed by atoms with E-state index in [0.717, 1.165) is 5.56 Å². The monoisotopic (exact) mass is 294 g/mol. The quantitative estimate of drug-likeness (QED) is 0.913. The second-order valence-corrected chi connectivity index (χ2v) is 4.96. The molecule has 0 amide bonds. The molecule has 0 unspecified atom stereocenters. The van der Waals surface area contributed by atoms with Crippen molar-refractivity contribution in [3.05, 3.63) is 35.2 Å². The molecule has 0 bridgehead atoms. The maximum absolute atomic E-state index is 11.5. The first-order valence-corrected chi connectivity index (χ1v) is 6.74. The van der Waals surface area contributed by atoms with Crippen LogP contribution >= 0.6 is 11.6 Å². The van der Waals surface area contributed by atoms with Crippen LogP contribution in [0.5, 0.6) is 0 Å². The van der Waals surface area contributed by atoms with E-state index in [4.69, 9.17) is 16.1 Å². The van der Waals surface area contributed by atoms with E-state index in [0.29, 0.717) is 23.7 Å². The molecule has 0 aliphatic heterocycles. The third-order valence-electron chi connectivity index (χ3n) is 3.55. The average Bonchev–Trinajstić information content (AvgIpc) is 2.91. The third kappa shape index (κ3) is 2.41. The van der Waals surface area contributed by atoms with Crippen molar-refractivity contribution in [2.45, 2.75) is 32.1 Å². The molecular weight excluding hydrogens is 280 g/mol. The Kier molecular flexibility index (Phi) is 4.09. The smallest absolute Gasteiger partial charge is 0.319 e. The van der Waals surface area contributed by atoms with E-state index in [-0.39, 0.29) is 5.89 Å². The van der Waals surface area contributed by atoms with Gasteiger partial charge >= 0.3 is 5.97 Å². The molecule has 20 heavy (non-hydrogen) atoms. The first kappa shape index (κ1) is 14.5. The number of nitrogens with zero attached hydrogens (tertiary/aromatic N) is 2. The van der Waals surface area contributed by atoms with E-state index in [1.807, 2.05) is 0 Å². The molecule has 0 atom stereocenters. The Morgan fingerprint density at radius 3 is 2.40 bits per heavy atom. The lowest BCUT2D eigenvalue weighted by Crippen LogP contribution is -2.34. The maximum Gasteiger partial charge on any atom is 0.319 e. The summed E-state index contributed by atoms with van der Waals surface area (Å²) in [4.78, 5) is 15.8. The molecule has 2 aromatic rings. The Labute approximate surface area is 121 Å². The standard InChI is InChI=1S/C14H15ClN2O3/c1-3-14(4-2,13(18)19)12-16-11(17-20-12)9-5-7-10(15)8-6-9/h5-8H,3-4H2,1-2H3,(H,18,19). The van der Waals surface area contributed by atoms with Crippen LogP contribution in [0.3, 0.4) is 0 Å². The van der Waals surface area contributed by atoms with Crippen LogP contribution in [-0.2, 0) is 10.2 Å². The molecular formula is C14H15ClN2O3. The summed E-state index contributed by atoms with van der Waals surface area (Å²) in [7, 11) is 0. The van der Waals surface area contributed by atoms with Crippen molar-refractivity contribution in [1.82, 2.24) is 10.1 Å². The molecule has 0 fully saturated rings. The molecule has 0 saturated carbocycles. The highest BCUT2D eigenvalue weighted by molar-refractivity contribution is 6.30. The number of rotatable bonds is 5. The number of hydrogen-bond donors (Lipinski definition) is 1. The predicted molar refractivity (Wildman–Crippen MR) is 74.6 cm³/mol. The van der Waals surface area contributed by atoms with Crippen molar-refractivity contribution in [1.29, 1.82) is 0 Å². The van der Waals surface area contributed by atoms with Gasteiger partial charge in [0.15, 0.2) is 0 Å². The molecule has 0 spiro atoms. The fourth-order valence-corrected chi connectivity index (χ4v) is 2.21. The predicted octanol–water partition coefficient (Wildman–Crippen LogP) is 3.53. The summed E-state index contributed by atoms with van der Waals surface area (Å²) in [5.74, 6) is -0.446. The van der Waals surface area contributed by atoms with Crippen molar-refractivity contribution in [3.63, 3.8) is 0 Å². The summed E-state index contributed by atoms with van der Waals surface area (Å²) in [5.41, 5.74) is -0.395. The Morgan fingerprint density at radius 1 is 1.30 bits per heavy atom. The summed E-state index contributed by atoms with van der Waals surface area (Å²) in [6, 6.07) is 6.96. The summed E-state index contributed by atoms with van der Waals surface area (Å²) >= 11 is 5.82. The van der Waals surface area contributed by atoms with Crippen LogP contribution in [0.15, 0.2) is 28.8 Å². The van der Waals surface area contributed by atoms with E-state index in [9.17, 15) is 9.90 Å². The minimum Gasteiger partial charge on any atom is -0.480 e. The van der Waals surface area contributed by atoms with Gasteiger partial charge < -0.3 is 9.63 Å². The van der Waals surface area contributed by atoms with Gasteiger partial charge in [-0.25, -0.2) is 0 Å². The van der Waals surface area contributed by atoms with Gasteiger partial charge in [0.2, 0.25) is 11.7 Å². The van der Waals surface area contributed by atoms with Crippen LogP contribution in [0.4, 0.5) is 0 Å². The number of hydrogen-bond acceptors (Lipinski definition) is 4. The van der Waals surface area contributed by atoms with Crippen LogP contribution in [0.2, 0.25) is 5.02 Å². The Balaban J connectivity index is 2.42. The number of carboxylic acids is 1. The van der Waals surface area contributed by atoms with E-state index in [1.165, 1.54) is 0 Å². The highest BCUT2D eigenvalue weighted by Crippen LogP contribution is 2.32. The van der Waals surface area contributed by atoms with E-state index < -0.39 is 11.4 Å². The number of benzene rings is 1. The fraction of sp³-hybridized carbons (Fsp3) is 0.357. The number of carboxylic acid groups (broad SMARTS) is 1. The minimum absolute atomic E-state index is 0.139. The highest BCUT2D eigenvalue weighted by atomic mass is 35.5. The summed E-state index contributed by atoms with van der Waals surface area (Å²) < 4.78 is 5.18. The van der Waals surface area contributed by atoms with Gasteiger partial charge in [0.25, 0.3) is 0 Å². The molecule has 1 heterocycles. The lowest BCUT2D eigenvalue weighted by molar-refractivity contribution is -0.145. The lowest BCUT2D eigenvalue weighted by Gasteiger charge is -2.21. The average molecular weight is 295 g/mol. The Bertz CT molecular complexity index is 603. The molecule has 0 saturated heterocycles. The lowest BCUT2D eigenvalue weighted by atomic mass is 9.82. The zero-order valence-corrected chi connectivity index (χ0v) is 12.0. The molecule has 0 aliphatic carbocycles. The number of aliphatic carboxylic acids is 1. The van der Waals surface area contributed by atoms with Gasteiger partial charge in [-0.3, -0.25) is 4.79 Å². The second kappa shape index (κ2) is 5.63. The summed E-state index contributed by atoms with van der Waals surface area (Å²) in [5, 5.41) is 13.9.